The second kappa shape index (κ2) is 5.34. The molecule has 0 aliphatic heterocycles. The molecule has 0 bridgehead atoms. The van der Waals surface area contributed by atoms with E-state index in [0.717, 1.165) is 18.9 Å². The minimum atomic E-state index is -0.353. The van der Waals surface area contributed by atoms with Crippen molar-refractivity contribution in [2.45, 2.75) is 13.8 Å². The fraction of sp³-hybridized carbons (Fsp3) is 0.455. The van der Waals surface area contributed by atoms with Crippen molar-refractivity contribution in [2.24, 2.45) is 0 Å². The Balaban J connectivity index is 2.84. The van der Waals surface area contributed by atoms with E-state index in [1.165, 1.54) is 7.11 Å². The molecule has 0 aliphatic rings. The smallest absolute Gasteiger partial charge is 0.339 e. The van der Waals surface area contributed by atoms with Crippen LogP contribution in [0.3, 0.4) is 0 Å². The molecule has 0 saturated heterocycles. The summed E-state index contributed by atoms with van der Waals surface area (Å²) in [6.45, 7) is 5.95. The second-order valence-corrected chi connectivity index (χ2v) is 3.07. The molecule has 0 saturated carbocycles. The number of anilines is 1. The lowest BCUT2D eigenvalue weighted by atomic mass is 10.3. The molecule has 15 heavy (non-hydrogen) atoms. The van der Waals surface area contributed by atoms with E-state index in [1.807, 2.05) is 6.07 Å². The summed E-state index contributed by atoms with van der Waals surface area (Å²) >= 11 is 0. The van der Waals surface area contributed by atoms with Crippen LogP contribution in [-0.4, -0.2) is 31.2 Å². The maximum Gasteiger partial charge on any atom is 0.339 e. The second-order valence-electron chi connectivity index (χ2n) is 3.07. The van der Waals surface area contributed by atoms with Crippen LogP contribution in [0.2, 0.25) is 0 Å². The third-order valence-electron chi connectivity index (χ3n) is 2.26. The Morgan fingerprint density at radius 2 is 2.07 bits per heavy atom. The first-order valence-corrected chi connectivity index (χ1v) is 5.02. The highest BCUT2D eigenvalue weighted by atomic mass is 16.5. The number of carbonyl (C=O) groups excluding carboxylic acids is 1. The molecule has 0 aliphatic carbocycles. The molecule has 0 spiro atoms. The lowest BCUT2D eigenvalue weighted by Crippen LogP contribution is -2.22. The highest BCUT2D eigenvalue weighted by Gasteiger charge is 2.07. The number of esters is 1. The Morgan fingerprint density at radius 3 is 2.47 bits per heavy atom. The van der Waals surface area contributed by atoms with Crippen LogP contribution in [0.5, 0.6) is 0 Å². The number of ether oxygens (including phenoxy) is 1. The van der Waals surface area contributed by atoms with Crippen LogP contribution in [0.25, 0.3) is 0 Å². The summed E-state index contributed by atoms with van der Waals surface area (Å²) in [6.07, 6.45) is 1.54. The summed E-state index contributed by atoms with van der Waals surface area (Å²) in [6, 6.07) is 3.56. The molecule has 1 aromatic rings. The average molecular weight is 208 g/mol. The molecular formula is C11H16N2O2. The van der Waals surface area contributed by atoms with Crippen molar-refractivity contribution in [3.63, 3.8) is 0 Å². The van der Waals surface area contributed by atoms with Crippen molar-refractivity contribution < 1.29 is 9.53 Å². The zero-order valence-electron chi connectivity index (χ0n) is 9.36. The van der Waals surface area contributed by atoms with Crippen molar-refractivity contribution in [2.75, 3.05) is 25.1 Å². The quantitative estimate of drug-likeness (QED) is 0.706. The first-order valence-electron chi connectivity index (χ1n) is 5.02. The van der Waals surface area contributed by atoms with E-state index < -0.39 is 0 Å². The summed E-state index contributed by atoms with van der Waals surface area (Å²) in [5.41, 5.74) is 0.480. The molecule has 0 aromatic carbocycles. The topological polar surface area (TPSA) is 42.4 Å². The van der Waals surface area contributed by atoms with Crippen LogP contribution in [0.4, 0.5) is 5.82 Å². The molecule has 0 radical (unpaired) electrons. The van der Waals surface area contributed by atoms with Gasteiger partial charge in [0.1, 0.15) is 5.82 Å². The summed E-state index contributed by atoms with van der Waals surface area (Å²) < 4.78 is 4.60. The van der Waals surface area contributed by atoms with Gasteiger partial charge in [0, 0.05) is 19.3 Å². The fourth-order valence-corrected chi connectivity index (χ4v) is 1.36. The number of hydrogen-bond acceptors (Lipinski definition) is 4. The monoisotopic (exact) mass is 208 g/mol. The maximum absolute atomic E-state index is 11.2. The Bertz CT molecular complexity index is 318. The van der Waals surface area contributed by atoms with Gasteiger partial charge in [0.05, 0.1) is 12.7 Å². The van der Waals surface area contributed by atoms with Crippen molar-refractivity contribution in [1.29, 1.82) is 0 Å². The van der Waals surface area contributed by atoms with E-state index in [0.29, 0.717) is 5.56 Å². The maximum atomic E-state index is 11.2. The van der Waals surface area contributed by atoms with Crippen molar-refractivity contribution in [3.8, 4) is 0 Å². The van der Waals surface area contributed by atoms with E-state index in [-0.39, 0.29) is 5.97 Å². The highest BCUT2D eigenvalue weighted by molar-refractivity contribution is 5.89. The molecule has 0 N–H and O–H groups in total. The molecule has 4 heteroatoms. The van der Waals surface area contributed by atoms with E-state index in [9.17, 15) is 4.79 Å². The van der Waals surface area contributed by atoms with Gasteiger partial charge in [0.15, 0.2) is 0 Å². The Morgan fingerprint density at radius 1 is 1.40 bits per heavy atom. The van der Waals surface area contributed by atoms with Gasteiger partial charge in [-0.15, -0.1) is 0 Å². The Labute approximate surface area is 89.9 Å². The van der Waals surface area contributed by atoms with Crippen LogP contribution in [0.1, 0.15) is 24.2 Å². The molecule has 0 atom stereocenters. The predicted octanol–water partition coefficient (Wildman–Crippen LogP) is 1.71. The number of methoxy groups -OCH3 is 1. The first-order chi connectivity index (χ1) is 7.22. The summed E-state index contributed by atoms with van der Waals surface area (Å²) in [5, 5.41) is 0. The molecule has 4 nitrogen and oxygen atoms in total. The SMILES string of the molecule is CCN(CC)c1ccc(C(=O)OC)cn1. The van der Waals surface area contributed by atoms with Crippen LogP contribution in [-0.2, 0) is 4.74 Å². The number of aromatic nitrogens is 1. The first kappa shape index (κ1) is 11.5. The predicted molar refractivity (Wildman–Crippen MR) is 59.1 cm³/mol. The van der Waals surface area contributed by atoms with Crippen LogP contribution in [0.15, 0.2) is 18.3 Å². The lowest BCUT2D eigenvalue weighted by Gasteiger charge is -2.19. The largest absolute Gasteiger partial charge is 0.465 e. The van der Waals surface area contributed by atoms with Gasteiger partial charge in [-0.25, -0.2) is 9.78 Å². The number of pyridine rings is 1. The zero-order valence-corrected chi connectivity index (χ0v) is 9.36. The van der Waals surface area contributed by atoms with Gasteiger partial charge in [-0.05, 0) is 26.0 Å². The fourth-order valence-electron chi connectivity index (χ4n) is 1.36. The van der Waals surface area contributed by atoms with Gasteiger partial charge in [-0.1, -0.05) is 0 Å². The number of carbonyl (C=O) groups is 1. The highest BCUT2D eigenvalue weighted by Crippen LogP contribution is 2.11. The standard InChI is InChI=1S/C11H16N2O2/c1-4-13(5-2)10-7-6-9(8-12-10)11(14)15-3/h6-8H,4-5H2,1-3H3. The van der Waals surface area contributed by atoms with Crippen molar-refractivity contribution in [1.82, 2.24) is 4.98 Å². The van der Waals surface area contributed by atoms with Gasteiger partial charge >= 0.3 is 5.97 Å². The van der Waals surface area contributed by atoms with Gasteiger partial charge in [0.2, 0.25) is 0 Å². The molecule has 0 unspecified atom stereocenters. The third-order valence-corrected chi connectivity index (χ3v) is 2.26. The van der Waals surface area contributed by atoms with Crippen molar-refractivity contribution in [3.05, 3.63) is 23.9 Å². The lowest BCUT2D eigenvalue weighted by molar-refractivity contribution is 0.0600. The minimum Gasteiger partial charge on any atom is -0.465 e. The normalized spacial score (nSPS) is 9.80. The van der Waals surface area contributed by atoms with E-state index in [4.69, 9.17) is 0 Å². The summed E-state index contributed by atoms with van der Waals surface area (Å²) in [5.74, 6) is 0.529. The zero-order chi connectivity index (χ0) is 11.3. The number of nitrogens with zero attached hydrogens (tertiary/aromatic N) is 2. The molecule has 1 rings (SSSR count). The Hall–Kier alpha value is -1.58. The van der Waals surface area contributed by atoms with Crippen LogP contribution < -0.4 is 4.90 Å². The molecular weight excluding hydrogens is 192 g/mol. The van der Waals surface area contributed by atoms with Crippen molar-refractivity contribution >= 4 is 11.8 Å². The summed E-state index contributed by atoms with van der Waals surface area (Å²) in [7, 11) is 1.36. The van der Waals surface area contributed by atoms with Gasteiger partial charge in [0.25, 0.3) is 0 Å². The molecule has 82 valence electrons. The molecule has 1 aromatic heterocycles. The molecule has 1 heterocycles. The van der Waals surface area contributed by atoms with E-state index >= 15 is 0 Å². The van der Waals surface area contributed by atoms with Gasteiger partial charge < -0.3 is 9.64 Å². The third kappa shape index (κ3) is 2.68. The number of hydrogen-bond donors (Lipinski definition) is 0. The van der Waals surface area contributed by atoms with Gasteiger partial charge in [-0.2, -0.15) is 0 Å². The summed E-state index contributed by atoms with van der Waals surface area (Å²) in [4.78, 5) is 17.5. The average Bonchev–Trinajstić information content (AvgIpc) is 2.30. The van der Waals surface area contributed by atoms with Gasteiger partial charge in [-0.3, -0.25) is 0 Å². The molecule has 0 amide bonds. The van der Waals surface area contributed by atoms with Crippen LogP contribution in [0, 0.1) is 0 Å². The minimum absolute atomic E-state index is 0.353. The number of rotatable bonds is 4. The van der Waals surface area contributed by atoms with Crippen LogP contribution >= 0.6 is 0 Å². The van der Waals surface area contributed by atoms with E-state index in [1.54, 1.807) is 12.3 Å². The van der Waals surface area contributed by atoms with E-state index in [2.05, 4.69) is 28.5 Å². The Kier molecular flexibility index (Phi) is 4.09. The molecule has 0 fully saturated rings.